The van der Waals surface area contributed by atoms with Gasteiger partial charge in [-0.15, -0.1) is 0 Å². The third kappa shape index (κ3) is 9.11. The monoisotopic (exact) mass is 735 g/mol. The van der Waals surface area contributed by atoms with Gasteiger partial charge in [-0.2, -0.15) is 0 Å². The van der Waals surface area contributed by atoms with E-state index in [1.165, 1.54) is 0 Å². The summed E-state index contributed by atoms with van der Waals surface area (Å²) in [4.78, 5) is 38.1. The lowest BCUT2D eigenvalue weighted by molar-refractivity contribution is -0.189. The number of ether oxygens (including phenoxy) is 4. The number of hydrogen-bond acceptors (Lipinski definition) is 9. The van der Waals surface area contributed by atoms with Gasteiger partial charge in [-0.1, -0.05) is 41.4 Å². The number of halogens is 2. The molecule has 0 saturated carbocycles. The van der Waals surface area contributed by atoms with Crippen LogP contribution < -0.4 is 15.0 Å². The van der Waals surface area contributed by atoms with E-state index in [1.54, 1.807) is 38.5 Å². The number of aromatic nitrogens is 4. The molecule has 4 heterocycles. The van der Waals surface area contributed by atoms with Crippen LogP contribution in [-0.2, 0) is 31.3 Å². The second-order valence-electron chi connectivity index (χ2n) is 11.9. The summed E-state index contributed by atoms with van der Waals surface area (Å²) in [7, 11) is 0. The first-order valence-corrected chi connectivity index (χ1v) is 17.3. The molecule has 0 aliphatic carbocycles. The van der Waals surface area contributed by atoms with Crippen LogP contribution in [0.3, 0.4) is 0 Å². The minimum absolute atomic E-state index is 0.129. The van der Waals surface area contributed by atoms with Crippen LogP contribution in [0.4, 0.5) is 16.4 Å². The maximum absolute atomic E-state index is 11.6. The fourth-order valence-electron chi connectivity index (χ4n) is 5.87. The van der Waals surface area contributed by atoms with Crippen LogP contribution in [0.15, 0.2) is 85.5 Å². The first kappa shape index (κ1) is 36.0. The Morgan fingerprint density at radius 3 is 2.53 bits per heavy atom. The number of hydrogen-bond donors (Lipinski definition) is 2. The molecular weight excluding hydrogens is 697 g/mol. The number of H-pyrrole nitrogens is 1. The van der Waals surface area contributed by atoms with Gasteiger partial charge in [-0.25, -0.2) is 14.8 Å². The van der Waals surface area contributed by atoms with E-state index >= 15 is 0 Å². The number of nitrogens with one attached hydrogen (secondary N) is 2. The van der Waals surface area contributed by atoms with Crippen molar-refractivity contribution in [2.45, 2.75) is 32.3 Å². The van der Waals surface area contributed by atoms with Crippen molar-refractivity contribution in [3.63, 3.8) is 0 Å². The minimum Gasteiger partial charge on any atom is -0.491 e. The molecule has 5 aromatic rings. The molecular formula is C36H39Cl2N7O6. The Balaban J connectivity index is 0.000000249. The van der Waals surface area contributed by atoms with Crippen molar-refractivity contribution < 1.29 is 28.5 Å². The number of rotatable bonds is 9. The molecule has 7 rings (SSSR count). The lowest BCUT2D eigenvalue weighted by Crippen LogP contribution is -2.48. The van der Waals surface area contributed by atoms with E-state index in [9.17, 15) is 9.59 Å². The normalized spacial score (nSPS) is 18.6. The lowest BCUT2D eigenvalue weighted by atomic mass is 10.1. The van der Waals surface area contributed by atoms with Gasteiger partial charge in [-0.05, 0) is 55.5 Å². The summed E-state index contributed by atoms with van der Waals surface area (Å²) in [5, 5.41) is 3.53. The minimum atomic E-state index is -1.08. The molecule has 2 atom stereocenters. The van der Waals surface area contributed by atoms with Gasteiger partial charge in [0, 0.05) is 61.8 Å². The summed E-state index contributed by atoms with van der Waals surface area (Å²) in [6.07, 6.45) is 4.48. The Hall–Kier alpha value is -4.82. The SMILES string of the molecule is CC(=O)N1CCN(c2ccc(OC[C@H]3CO[C@](Cn4ccnc4)(c4ccc(Cl)cc4Cl)O3)cc2)CC1.CCOC(=O)Nc1nc2ccccc2[nH]1. The third-order valence-corrected chi connectivity index (χ3v) is 8.95. The van der Waals surface area contributed by atoms with Crippen LogP contribution in [0, 0.1) is 0 Å². The molecule has 2 N–H and O–H groups in total. The number of fused-ring (bicyclic) bond motifs is 1. The van der Waals surface area contributed by atoms with E-state index in [0.717, 1.165) is 48.6 Å². The average molecular weight is 737 g/mol. The Morgan fingerprint density at radius 2 is 1.84 bits per heavy atom. The Kier molecular flexibility index (Phi) is 11.6. The zero-order valence-electron chi connectivity index (χ0n) is 28.3. The quantitative estimate of drug-likeness (QED) is 0.178. The van der Waals surface area contributed by atoms with Crippen LogP contribution in [0.25, 0.3) is 11.0 Å². The first-order chi connectivity index (χ1) is 24.7. The zero-order chi connectivity index (χ0) is 35.8. The molecule has 2 amide bonds. The largest absolute Gasteiger partial charge is 0.491 e. The number of anilines is 2. The van der Waals surface area contributed by atoms with Crippen molar-refractivity contribution in [1.82, 2.24) is 24.4 Å². The number of piperazine rings is 1. The number of benzene rings is 3. The number of carbonyl (C=O) groups is 2. The molecule has 51 heavy (non-hydrogen) atoms. The highest BCUT2D eigenvalue weighted by Gasteiger charge is 2.45. The molecule has 2 aromatic heterocycles. The Labute approximate surface area is 305 Å². The number of aromatic amines is 1. The van der Waals surface area contributed by atoms with E-state index in [0.29, 0.717) is 47.9 Å². The number of imidazole rings is 2. The van der Waals surface area contributed by atoms with E-state index in [4.69, 9.17) is 42.1 Å². The van der Waals surface area contributed by atoms with Crippen LogP contribution in [0.2, 0.25) is 10.0 Å². The smallest absolute Gasteiger partial charge is 0.413 e. The average Bonchev–Trinajstić information content (AvgIpc) is 3.89. The number of para-hydroxylation sites is 2. The van der Waals surface area contributed by atoms with Crippen molar-refractivity contribution in [3.8, 4) is 5.75 Å². The van der Waals surface area contributed by atoms with Crippen molar-refractivity contribution >= 4 is 57.9 Å². The van der Waals surface area contributed by atoms with E-state index in [2.05, 4.69) is 25.2 Å². The van der Waals surface area contributed by atoms with Gasteiger partial charge in [0.05, 0.1) is 42.1 Å². The van der Waals surface area contributed by atoms with Crippen LogP contribution >= 0.6 is 23.2 Å². The molecule has 0 radical (unpaired) electrons. The van der Waals surface area contributed by atoms with Gasteiger partial charge in [0.2, 0.25) is 17.6 Å². The van der Waals surface area contributed by atoms with Crippen molar-refractivity contribution in [3.05, 3.63) is 101 Å². The highest BCUT2D eigenvalue weighted by Crippen LogP contribution is 2.40. The number of nitrogens with zero attached hydrogens (tertiary/aromatic N) is 5. The summed E-state index contributed by atoms with van der Waals surface area (Å²) in [5.74, 6) is 0.197. The van der Waals surface area contributed by atoms with Gasteiger partial charge < -0.3 is 38.3 Å². The molecule has 3 aromatic carbocycles. The molecule has 0 unspecified atom stereocenters. The van der Waals surface area contributed by atoms with Gasteiger partial charge in [0.1, 0.15) is 18.5 Å². The molecule has 2 aliphatic heterocycles. The second kappa shape index (κ2) is 16.5. The second-order valence-corrected chi connectivity index (χ2v) is 12.8. The summed E-state index contributed by atoms with van der Waals surface area (Å²) in [5.41, 5.74) is 3.51. The molecule has 2 fully saturated rings. The van der Waals surface area contributed by atoms with Crippen LogP contribution in [-0.4, -0.2) is 88.5 Å². The Morgan fingerprint density at radius 1 is 1.06 bits per heavy atom. The molecule has 2 aliphatic rings. The maximum atomic E-state index is 11.6. The lowest BCUT2D eigenvalue weighted by Gasteiger charge is -2.35. The fraction of sp³-hybridized carbons (Fsp3) is 0.333. The number of carbonyl (C=O) groups excluding carboxylic acids is 2. The number of amides is 2. The Bertz CT molecular complexity index is 1880. The van der Waals surface area contributed by atoms with Gasteiger partial charge in [0.25, 0.3) is 0 Å². The summed E-state index contributed by atoms with van der Waals surface area (Å²) in [6.45, 7) is 7.89. The summed E-state index contributed by atoms with van der Waals surface area (Å²) < 4.78 is 25.3. The molecule has 0 bridgehead atoms. The van der Waals surface area contributed by atoms with E-state index < -0.39 is 11.9 Å². The van der Waals surface area contributed by atoms with Crippen LogP contribution in [0.5, 0.6) is 5.75 Å². The van der Waals surface area contributed by atoms with Gasteiger partial charge in [-0.3, -0.25) is 10.1 Å². The van der Waals surface area contributed by atoms with Gasteiger partial charge >= 0.3 is 6.09 Å². The molecule has 15 heteroatoms. The van der Waals surface area contributed by atoms with Crippen molar-refractivity contribution in [2.75, 3.05) is 56.2 Å². The molecule has 2 saturated heterocycles. The molecule has 0 spiro atoms. The maximum Gasteiger partial charge on any atom is 0.413 e. The molecule has 268 valence electrons. The zero-order valence-corrected chi connectivity index (χ0v) is 29.8. The van der Waals surface area contributed by atoms with E-state index in [-0.39, 0.29) is 12.0 Å². The van der Waals surface area contributed by atoms with Gasteiger partial charge in [0.15, 0.2) is 0 Å². The summed E-state index contributed by atoms with van der Waals surface area (Å²) in [6, 6.07) is 20.8. The first-order valence-electron chi connectivity index (χ1n) is 16.6. The predicted octanol–water partition coefficient (Wildman–Crippen LogP) is 6.34. The topological polar surface area (TPSA) is 136 Å². The van der Waals surface area contributed by atoms with E-state index in [1.807, 2.05) is 70.3 Å². The van der Waals surface area contributed by atoms with Crippen LogP contribution in [0.1, 0.15) is 19.4 Å². The predicted molar refractivity (Wildman–Crippen MR) is 194 cm³/mol. The standard InChI is InChI=1S/C26H28Cl2N4O4.C10H11N3O2/c1-19(33)31-10-12-32(13-11-31)21-3-5-22(6-4-21)34-15-23-16-35-26(36-23,17-30-9-8-29-18-30)24-7-2-20(27)14-25(24)28;1-2-15-10(14)13-9-11-7-5-3-4-6-8(7)12-9/h2-9,14,18,23H,10-13,15-17H2,1H3;3-6H,2H2,1H3,(H2,11,12,13,14)/t23-,26-;/m0./s1. The highest BCUT2D eigenvalue weighted by molar-refractivity contribution is 6.35. The summed E-state index contributed by atoms with van der Waals surface area (Å²) >= 11 is 12.7. The highest BCUT2D eigenvalue weighted by atomic mass is 35.5. The fourth-order valence-corrected chi connectivity index (χ4v) is 6.43. The third-order valence-electron chi connectivity index (χ3n) is 8.40. The molecule has 13 nitrogen and oxygen atoms in total. The van der Waals surface area contributed by atoms with Crippen molar-refractivity contribution in [1.29, 1.82) is 0 Å². The van der Waals surface area contributed by atoms with Crippen molar-refractivity contribution in [2.24, 2.45) is 0 Å².